The Morgan fingerprint density at radius 1 is 1.03 bits per heavy atom. The minimum atomic E-state index is -1.09. The van der Waals surface area contributed by atoms with Gasteiger partial charge in [-0.1, -0.05) is 25.0 Å². The average Bonchev–Trinajstić information content (AvgIpc) is 3.34. The van der Waals surface area contributed by atoms with Crippen molar-refractivity contribution in [2.75, 3.05) is 19.5 Å². The van der Waals surface area contributed by atoms with E-state index in [9.17, 15) is 9.59 Å². The Labute approximate surface area is 207 Å². The predicted octanol–water partition coefficient (Wildman–Crippen LogP) is 5.33. The molecular formula is C28H36N2O5. The molecule has 0 heterocycles. The number of carboxylic acid groups (broad SMARTS) is 1. The lowest BCUT2D eigenvalue weighted by Gasteiger charge is -2.22. The van der Waals surface area contributed by atoms with Crippen LogP contribution in [0.5, 0.6) is 11.5 Å². The molecule has 35 heavy (non-hydrogen) atoms. The van der Waals surface area contributed by atoms with Gasteiger partial charge in [0.2, 0.25) is 5.91 Å². The van der Waals surface area contributed by atoms with Crippen molar-refractivity contribution in [2.24, 2.45) is 0 Å². The zero-order valence-electron chi connectivity index (χ0n) is 21.5. The number of ether oxygens (including phenoxy) is 2. The van der Waals surface area contributed by atoms with Crippen LogP contribution in [0.4, 0.5) is 5.69 Å². The number of carbonyl (C=O) groups is 2. The van der Waals surface area contributed by atoms with Gasteiger partial charge in [-0.3, -0.25) is 9.59 Å². The van der Waals surface area contributed by atoms with Crippen molar-refractivity contribution < 1.29 is 24.2 Å². The second-order valence-electron chi connectivity index (χ2n) is 9.17. The van der Waals surface area contributed by atoms with E-state index in [1.54, 1.807) is 27.2 Å². The highest BCUT2D eigenvalue weighted by atomic mass is 16.5. The van der Waals surface area contributed by atoms with Crippen molar-refractivity contribution in [3.05, 3.63) is 46.5 Å². The van der Waals surface area contributed by atoms with Gasteiger partial charge in [0, 0.05) is 39.6 Å². The van der Waals surface area contributed by atoms with E-state index in [1.807, 2.05) is 13.8 Å². The van der Waals surface area contributed by atoms with Crippen LogP contribution in [0.2, 0.25) is 0 Å². The van der Waals surface area contributed by atoms with E-state index in [0.29, 0.717) is 23.1 Å². The minimum Gasteiger partial charge on any atom is -0.496 e. The Morgan fingerprint density at radius 2 is 1.63 bits per heavy atom. The molecule has 7 nitrogen and oxygen atoms in total. The Hall–Kier alpha value is -3.48. The van der Waals surface area contributed by atoms with Crippen molar-refractivity contribution in [3.8, 4) is 22.6 Å². The summed E-state index contributed by atoms with van der Waals surface area (Å²) in [6, 6.07) is 7.93. The fourth-order valence-corrected chi connectivity index (χ4v) is 4.70. The molecule has 3 N–H and O–H groups in total. The Balaban J connectivity index is 2.00. The van der Waals surface area contributed by atoms with Gasteiger partial charge in [0.05, 0.1) is 14.2 Å². The van der Waals surface area contributed by atoms with Crippen molar-refractivity contribution in [1.29, 1.82) is 0 Å². The van der Waals surface area contributed by atoms with Gasteiger partial charge in [0.15, 0.2) is 0 Å². The summed E-state index contributed by atoms with van der Waals surface area (Å²) in [6.45, 7) is 6.97. The third-order valence-corrected chi connectivity index (χ3v) is 6.68. The van der Waals surface area contributed by atoms with Gasteiger partial charge in [-0.2, -0.15) is 0 Å². The maximum Gasteiger partial charge on any atom is 0.325 e. The van der Waals surface area contributed by atoms with Crippen LogP contribution >= 0.6 is 0 Å². The molecule has 0 unspecified atom stereocenters. The summed E-state index contributed by atoms with van der Waals surface area (Å²) >= 11 is 0. The van der Waals surface area contributed by atoms with Crippen LogP contribution in [-0.4, -0.2) is 43.3 Å². The quantitative estimate of drug-likeness (QED) is 0.420. The first-order valence-corrected chi connectivity index (χ1v) is 12.0. The van der Waals surface area contributed by atoms with E-state index in [0.717, 1.165) is 33.5 Å². The first-order chi connectivity index (χ1) is 16.7. The summed E-state index contributed by atoms with van der Waals surface area (Å²) in [5.41, 5.74) is 5.88. The monoisotopic (exact) mass is 480 g/mol. The van der Waals surface area contributed by atoms with E-state index in [-0.39, 0.29) is 0 Å². The fourth-order valence-electron chi connectivity index (χ4n) is 4.70. The maximum absolute atomic E-state index is 12.5. The summed E-state index contributed by atoms with van der Waals surface area (Å²) in [4.78, 5) is 23.6. The highest BCUT2D eigenvalue weighted by Crippen LogP contribution is 2.45. The van der Waals surface area contributed by atoms with Gasteiger partial charge < -0.3 is 25.2 Å². The number of carboxylic acids is 1. The molecule has 2 aromatic carbocycles. The third-order valence-electron chi connectivity index (χ3n) is 6.68. The Kier molecular flexibility index (Phi) is 8.43. The molecule has 1 atom stereocenters. The van der Waals surface area contributed by atoms with Crippen LogP contribution < -0.4 is 20.1 Å². The van der Waals surface area contributed by atoms with Gasteiger partial charge in [0.1, 0.15) is 17.5 Å². The van der Waals surface area contributed by atoms with Crippen LogP contribution in [0.15, 0.2) is 29.8 Å². The number of hydrogen-bond donors (Lipinski definition) is 3. The molecule has 1 aliphatic carbocycles. The van der Waals surface area contributed by atoms with Crippen LogP contribution in [0.3, 0.4) is 0 Å². The fraction of sp³-hybridized carbons (Fsp3) is 0.429. The van der Waals surface area contributed by atoms with E-state index in [4.69, 9.17) is 14.6 Å². The number of aliphatic carboxylic acids is 1. The van der Waals surface area contributed by atoms with Gasteiger partial charge >= 0.3 is 5.97 Å². The molecule has 1 aliphatic rings. The zero-order chi connectivity index (χ0) is 25.7. The second-order valence-corrected chi connectivity index (χ2v) is 9.17. The predicted molar refractivity (Wildman–Crippen MR) is 139 cm³/mol. The zero-order valence-corrected chi connectivity index (χ0v) is 21.5. The molecule has 0 aliphatic heterocycles. The summed E-state index contributed by atoms with van der Waals surface area (Å²) in [7, 11) is 3.24. The molecule has 7 heteroatoms. The van der Waals surface area contributed by atoms with Crippen molar-refractivity contribution in [3.63, 3.8) is 0 Å². The Morgan fingerprint density at radius 3 is 2.17 bits per heavy atom. The summed E-state index contributed by atoms with van der Waals surface area (Å²) in [6.07, 6.45) is 6.71. The normalized spacial score (nSPS) is 15.0. The molecule has 3 rings (SSSR count). The number of hydrogen-bond acceptors (Lipinski definition) is 5. The first-order valence-electron chi connectivity index (χ1n) is 12.0. The molecule has 0 radical (unpaired) electrons. The minimum absolute atomic E-state index is 0.371. The molecule has 0 saturated heterocycles. The lowest BCUT2D eigenvalue weighted by Crippen LogP contribution is -2.38. The van der Waals surface area contributed by atoms with Crippen molar-refractivity contribution in [2.45, 2.75) is 65.5 Å². The molecule has 1 amide bonds. The van der Waals surface area contributed by atoms with E-state index in [1.165, 1.54) is 32.6 Å². The van der Waals surface area contributed by atoms with Crippen molar-refractivity contribution >= 4 is 23.6 Å². The molecule has 1 saturated carbocycles. The standard InChI is InChI=1S/C28H36N2O5/c1-16(27(31)29-19(4)28(32)33)15-23-17(2)26(35-6)24(18(3)25(23)34-5)20-11-13-22(14-12-20)30-21-9-7-8-10-21/h11-15,19,21,30H,7-10H2,1-6H3,(H,29,31)(H,32,33)/t19-/m1/s1. The van der Waals surface area contributed by atoms with Gasteiger partial charge in [-0.25, -0.2) is 0 Å². The SMILES string of the molecule is COc1c(C)c(-c2ccc(NC3CCCC3)cc2)c(OC)c(C)c1C=C(C)C(=O)N[C@H](C)C(=O)O. The molecular weight excluding hydrogens is 444 g/mol. The lowest BCUT2D eigenvalue weighted by molar-refractivity contribution is -0.140. The molecule has 1 fully saturated rings. The number of carbonyl (C=O) groups excluding carboxylic acids is 1. The molecule has 0 aromatic heterocycles. The lowest BCUT2D eigenvalue weighted by atomic mass is 9.91. The van der Waals surface area contributed by atoms with Crippen LogP contribution in [0, 0.1) is 13.8 Å². The number of anilines is 1. The van der Waals surface area contributed by atoms with Gasteiger partial charge in [0.25, 0.3) is 0 Å². The van der Waals surface area contributed by atoms with Gasteiger partial charge in [-0.05, 0) is 64.3 Å². The maximum atomic E-state index is 12.5. The average molecular weight is 481 g/mol. The molecule has 0 spiro atoms. The first kappa shape index (κ1) is 26.1. The summed E-state index contributed by atoms with van der Waals surface area (Å²) in [5, 5.41) is 15.2. The van der Waals surface area contributed by atoms with Gasteiger partial charge in [-0.15, -0.1) is 0 Å². The summed E-state index contributed by atoms with van der Waals surface area (Å²) < 4.78 is 11.6. The molecule has 0 bridgehead atoms. The molecule has 2 aromatic rings. The van der Waals surface area contributed by atoms with Crippen LogP contribution in [0.25, 0.3) is 17.2 Å². The van der Waals surface area contributed by atoms with Crippen LogP contribution in [0.1, 0.15) is 56.2 Å². The number of rotatable bonds is 9. The number of benzene rings is 2. The summed E-state index contributed by atoms with van der Waals surface area (Å²) in [5.74, 6) is -0.193. The second kappa shape index (κ2) is 11.3. The van der Waals surface area contributed by atoms with E-state index in [2.05, 4.69) is 34.9 Å². The van der Waals surface area contributed by atoms with E-state index < -0.39 is 17.9 Å². The third kappa shape index (κ3) is 5.78. The smallest absolute Gasteiger partial charge is 0.325 e. The number of methoxy groups -OCH3 is 2. The van der Waals surface area contributed by atoms with Crippen LogP contribution in [-0.2, 0) is 9.59 Å². The number of nitrogens with one attached hydrogen (secondary N) is 2. The van der Waals surface area contributed by atoms with Crippen molar-refractivity contribution in [1.82, 2.24) is 5.32 Å². The largest absolute Gasteiger partial charge is 0.496 e. The highest BCUT2D eigenvalue weighted by molar-refractivity contribution is 6.00. The number of amides is 1. The van der Waals surface area contributed by atoms with E-state index >= 15 is 0 Å². The molecule has 188 valence electrons. The topological polar surface area (TPSA) is 96.9 Å². The Bertz CT molecular complexity index is 1120. The highest BCUT2D eigenvalue weighted by Gasteiger charge is 2.23.